The maximum atomic E-state index is 13.5. The Morgan fingerprint density at radius 2 is 1.77 bits per heavy atom. The number of hydrogen-bond acceptors (Lipinski definition) is 2. The van der Waals surface area contributed by atoms with Gasteiger partial charge in [-0.25, -0.2) is 4.39 Å². The van der Waals surface area contributed by atoms with E-state index in [1.165, 1.54) is 12.1 Å². The number of likely N-dealkylation sites (N-methyl/N-ethyl adjacent to an activating group) is 1. The lowest BCUT2D eigenvalue weighted by Gasteiger charge is -2.25. The van der Waals surface area contributed by atoms with E-state index in [2.05, 4.69) is 5.32 Å². The zero-order chi connectivity index (χ0) is 18.5. The minimum absolute atomic E-state index is 0.103. The van der Waals surface area contributed by atoms with Crippen molar-refractivity contribution in [2.75, 3.05) is 20.6 Å². The van der Waals surface area contributed by atoms with Crippen molar-refractivity contribution in [1.29, 1.82) is 0 Å². The van der Waals surface area contributed by atoms with Gasteiger partial charge in [-0.3, -0.25) is 4.79 Å². The number of nitrogens with one attached hydrogen (secondary N) is 1. The average molecular weight is 351 g/mol. The number of carbonyl (C=O) groups excluding carboxylic acids is 1. The van der Waals surface area contributed by atoms with Crippen LogP contribution in [0.5, 0.6) is 0 Å². The van der Waals surface area contributed by atoms with Gasteiger partial charge < -0.3 is 14.8 Å². The summed E-state index contributed by atoms with van der Waals surface area (Å²) in [6.07, 6.45) is 3.91. The maximum Gasteiger partial charge on any atom is 0.251 e. The molecule has 0 saturated heterocycles. The van der Waals surface area contributed by atoms with Gasteiger partial charge in [0, 0.05) is 30.2 Å². The molecule has 4 nitrogen and oxygen atoms in total. The van der Waals surface area contributed by atoms with Crippen LogP contribution in [0.25, 0.3) is 5.69 Å². The molecule has 2 aromatic carbocycles. The van der Waals surface area contributed by atoms with Crippen molar-refractivity contribution < 1.29 is 9.18 Å². The van der Waals surface area contributed by atoms with E-state index in [1.807, 2.05) is 66.3 Å². The fraction of sp³-hybridized carbons (Fsp3) is 0.190. The molecule has 0 aliphatic carbocycles. The lowest BCUT2D eigenvalue weighted by atomic mass is 10.1. The van der Waals surface area contributed by atoms with Crippen molar-refractivity contribution >= 4 is 5.91 Å². The van der Waals surface area contributed by atoms with Crippen molar-refractivity contribution in [3.63, 3.8) is 0 Å². The molecule has 1 N–H and O–H groups in total. The SMILES string of the molecule is CN(C)[C@H](CNC(=O)c1ccc(-n2cccc2)cc1)c1cccc(F)c1. The molecule has 1 aromatic heterocycles. The first-order valence-corrected chi connectivity index (χ1v) is 8.48. The van der Waals surface area contributed by atoms with Crippen LogP contribution < -0.4 is 5.32 Å². The summed E-state index contributed by atoms with van der Waals surface area (Å²) in [4.78, 5) is 14.4. The number of rotatable bonds is 6. The number of nitrogens with zero attached hydrogens (tertiary/aromatic N) is 2. The first-order valence-electron chi connectivity index (χ1n) is 8.48. The number of halogens is 1. The zero-order valence-electron chi connectivity index (χ0n) is 14.9. The average Bonchev–Trinajstić information content (AvgIpc) is 3.16. The molecule has 134 valence electrons. The Kier molecular flexibility index (Phi) is 5.49. The first kappa shape index (κ1) is 17.9. The fourth-order valence-corrected chi connectivity index (χ4v) is 2.90. The van der Waals surface area contributed by atoms with E-state index in [1.54, 1.807) is 18.2 Å². The summed E-state index contributed by atoms with van der Waals surface area (Å²) in [5.41, 5.74) is 2.42. The highest BCUT2D eigenvalue weighted by molar-refractivity contribution is 5.94. The third-order valence-corrected chi connectivity index (χ3v) is 4.34. The van der Waals surface area contributed by atoms with Gasteiger partial charge in [0.25, 0.3) is 5.91 Å². The zero-order valence-corrected chi connectivity index (χ0v) is 14.9. The molecule has 0 saturated carbocycles. The van der Waals surface area contributed by atoms with E-state index in [-0.39, 0.29) is 17.8 Å². The smallest absolute Gasteiger partial charge is 0.251 e. The Labute approximate surface area is 152 Å². The van der Waals surface area contributed by atoms with E-state index in [0.29, 0.717) is 12.1 Å². The molecule has 3 rings (SSSR count). The quantitative estimate of drug-likeness (QED) is 0.736. The van der Waals surface area contributed by atoms with Crippen LogP contribution in [0, 0.1) is 5.82 Å². The molecule has 0 bridgehead atoms. The number of aromatic nitrogens is 1. The normalized spacial score (nSPS) is 12.2. The molecule has 3 aromatic rings. The summed E-state index contributed by atoms with van der Waals surface area (Å²) in [5.74, 6) is -0.423. The Bertz CT molecular complexity index is 857. The molecule has 26 heavy (non-hydrogen) atoms. The molecular formula is C21H22FN3O. The van der Waals surface area contributed by atoms with E-state index in [4.69, 9.17) is 0 Å². The first-order chi connectivity index (χ1) is 12.5. The molecule has 5 heteroatoms. The molecule has 0 aliphatic rings. The molecular weight excluding hydrogens is 329 g/mol. The Hall–Kier alpha value is -2.92. The standard InChI is InChI=1S/C21H22FN3O/c1-24(2)20(17-6-5-7-18(22)14-17)15-23-21(26)16-8-10-19(11-9-16)25-12-3-4-13-25/h3-14,20H,15H2,1-2H3,(H,23,26)/t20-/m1/s1. The molecule has 0 spiro atoms. The third kappa shape index (κ3) is 4.18. The second kappa shape index (κ2) is 7.97. The van der Waals surface area contributed by atoms with E-state index in [0.717, 1.165) is 11.3 Å². The van der Waals surface area contributed by atoms with Crippen molar-refractivity contribution in [2.45, 2.75) is 6.04 Å². The largest absolute Gasteiger partial charge is 0.350 e. The maximum absolute atomic E-state index is 13.5. The Morgan fingerprint density at radius 3 is 2.38 bits per heavy atom. The van der Waals surface area contributed by atoms with Gasteiger partial charge in [-0.05, 0) is 68.2 Å². The van der Waals surface area contributed by atoms with Gasteiger partial charge in [0.05, 0.1) is 6.04 Å². The van der Waals surface area contributed by atoms with E-state index >= 15 is 0 Å². The molecule has 0 fully saturated rings. The molecule has 0 radical (unpaired) electrons. The molecule has 1 heterocycles. The molecule has 1 amide bonds. The summed E-state index contributed by atoms with van der Waals surface area (Å²) in [6.45, 7) is 0.397. The summed E-state index contributed by atoms with van der Waals surface area (Å²) in [5, 5.41) is 2.94. The van der Waals surface area contributed by atoms with Crippen LogP contribution in [0.3, 0.4) is 0 Å². The topological polar surface area (TPSA) is 37.3 Å². The third-order valence-electron chi connectivity index (χ3n) is 4.34. The predicted octanol–water partition coefficient (Wildman–Crippen LogP) is 3.65. The van der Waals surface area contributed by atoms with Gasteiger partial charge in [0.1, 0.15) is 5.82 Å². The van der Waals surface area contributed by atoms with E-state index < -0.39 is 0 Å². The van der Waals surface area contributed by atoms with Gasteiger partial charge in [-0.1, -0.05) is 12.1 Å². The van der Waals surface area contributed by atoms with Gasteiger partial charge in [-0.15, -0.1) is 0 Å². The summed E-state index contributed by atoms with van der Waals surface area (Å²) in [7, 11) is 3.82. The van der Waals surface area contributed by atoms with E-state index in [9.17, 15) is 9.18 Å². The fourth-order valence-electron chi connectivity index (χ4n) is 2.90. The monoisotopic (exact) mass is 351 g/mol. The van der Waals surface area contributed by atoms with Crippen molar-refractivity contribution in [2.24, 2.45) is 0 Å². The summed E-state index contributed by atoms with van der Waals surface area (Å²) >= 11 is 0. The van der Waals surface area contributed by atoms with Crippen molar-refractivity contribution in [1.82, 2.24) is 14.8 Å². The highest BCUT2D eigenvalue weighted by Gasteiger charge is 2.16. The van der Waals surface area contributed by atoms with Crippen LogP contribution in [0.15, 0.2) is 73.1 Å². The minimum Gasteiger partial charge on any atom is -0.350 e. The Balaban J connectivity index is 1.67. The van der Waals surface area contributed by atoms with Gasteiger partial charge in [0.15, 0.2) is 0 Å². The van der Waals surface area contributed by atoms with Crippen LogP contribution in [-0.2, 0) is 0 Å². The number of carbonyl (C=O) groups is 1. The lowest BCUT2D eigenvalue weighted by molar-refractivity contribution is 0.0942. The van der Waals surface area contributed by atoms with Crippen LogP contribution in [0.4, 0.5) is 4.39 Å². The Morgan fingerprint density at radius 1 is 1.08 bits per heavy atom. The van der Waals surface area contributed by atoms with Crippen LogP contribution in [-0.4, -0.2) is 36.0 Å². The highest BCUT2D eigenvalue weighted by Crippen LogP contribution is 2.18. The van der Waals surface area contributed by atoms with Crippen LogP contribution in [0.1, 0.15) is 22.0 Å². The molecule has 0 unspecified atom stereocenters. The van der Waals surface area contributed by atoms with Crippen LogP contribution >= 0.6 is 0 Å². The summed E-state index contributed by atoms with van der Waals surface area (Å²) < 4.78 is 15.5. The number of benzene rings is 2. The van der Waals surface area contributed by atoms with Crippen LogP contribution in [0.2, 0.25) is 0 Å². The summed E-state index contributed by atoms with van der Waals surface area (Å²) in [6, 6.07) is 17.7. The molecule has 1 atom stereocenters. The minimum atomic E-state index is -0.277. The predicted molar refractivity (Wildman–Crippen MR) is 101 cm³/mol. The van der Waals surface area contributed by atoms with Gasteiger partial charge >= 0.3 is 0 Å². The molecule has 0 aliphatic heterocycles. The second-order valence-electron chi connectivity index (χ2n) is 6.38. The van der Waals surface area contributed by atoms with Crippen molar-refractivity contribution in [3.05, 3.63) is 90.0 Å². The van der Waals surface area contributed by atoms with Gasteiger partial charge in [0.2, 0.25) is 0 Å². The number of amides is 1. The van der Waals surface area contributed by atoms with Crippen molar-refractivity contribution in [3.8, 4) is 5.69 Å². The lowest BCUT2D eigenvalue weighted by Crippen LogP contribution is -2.34. The number of hydrogen-bond donors (Lipinski definition) is 1. The second-order valence-corrected chi connectivity index (χ2v) is 6.38. The highest BCUT2D eigenvalue weighted by atomic mass is 19.1. The van der Waals surface area contributed by atoms with Gasteiger partial charge in [-0.2, -0.15) is 0 Å².